The Morgan fingerprint density at radius 1 is 1.27 bits per heavy atom. The topological polar surface area (TPSA) is 66.8 Å². The molecule has 0 fully saturated rings. The Hall–Kier alpha value is -0.580. The van der Waals surface area contributed by atoms with Crippen LogP contribution in [0.4, 0.5) is 0 Å². The molecule has 1 aromatic carbocycles. The molecule has 2 atom stereocenters. The lowest BCUT2D eigenvalue weighted by Gasteiger charge is -2.36. The van der Waals surface area contributed by atoms with E-state index in [1.165, 1.54) is 0 Å². The highest BCUT2D eigenvalue weighted by Gasteiger charge is 2.48. The summed E-state index contributed by atoms with van der Waals surface area (Å²) in [7, 11) is -4.33. The zero-order valence-electron chi connectivity index (χ0n) is 12.9. The van der Waals surface area contributed by atoms with Gasteiger partial charge in [0, 0.05) is 4.90 Å². The molecule has 0 aromatic heterocycles. The van der Waals surface area contributed by atoms with Gasteiger partial charge >= 0.3 is 7.60 Å². The van der Waals surface area contributed by atoms with Crippen molar-refractivity contribution in [3.8, 4) is 0 Å². The van der Waals surface area contributed by atoms with Gasteiger partial charge in [0.2, 0.25) is 0 Å². The lowest BCUT2D eigenvalue weighted by atomic mass is 10.2. The standard InChI is InChI=1S/C16H23O4PS/c1-3-16(4-2,21(17,18)19)20-14-11-8-12-15(14)22-13-9-6-5-7-10-13/h5-10,12,14-15H,3-4,11H2,1-2H3,(H2,17,18,19). The van der Waals surface area contributed by atoms with E-state index in [4.69, 9.17) is 4.74 Å². The molecule has 1 aromatic rings. The van der Waals surface area contributed by atoms with Gasteiger partial charge in [0.15, 0.2) is 5.34 Å². The van der Waals surface area contributed by atoms with Gasteiger partial charge in [0.1, 0.15) is 0 Å². The highest BCUT2D eigenvalue weighted by atomic mass is 32.2. The minimum atomic E-state index is -4.33. The van der Waals surface area contributed by atoms with Crippen LogP contribution >= 0.6 is 19.4 Å². The van der Waals surface area contributed by atoms with Gasteiger partial charge in [0.05, 0.1) is 11.4 Å². The number of rotatable bonds is 7. The van der Waals surface area contributed by atoms with Crippen LogP contribution in [0, 0.1) is 0 Å². The van der Waals surface area contributed by atoms with E-state index in [0.717, 1.165) is 4.90 Å². The molecule has 2 N–H and O–H groups in total. The first-order valence-corrected chi connectivity index (χ1v) is 10.0. The first-order valence-electron chi connectivity index (χ1n) is 7.53. The molecule has 1 aliphatic carbocycles. The number of benzene rings is 1. The van der Waals surface area contributed by atoms with E-state index < -0.39 is 12.9 Å². The van der Waals surface area contributed by atoms with Crippen LogP contribution < -0.4 is 0 Å². The van der Waals surface area contributed by atoms with Crippen molar-refractivity contribution in [2.24, 2.45) is 0 Å². The molecule has 2 rings (SSSR count). The molecule has 0 bridgehead atoms. The summed E-state index contributed by atoms with van der Waals surface area (Å²) in [5, 5.41) is -1.30. The Bertz CT molecular complexity index is 551. The lowest BCUT2D eigenvalue weighted by Crippen LogP contribution is -2.38. The van der Waals surface area contributed by atoms with Crippen LogP contribution in [0.3, 0.4) is 0 Å². The summed E-state index contributed by atoms with van der Waals surface area (Å²) in [4.78, 5) is 20.6. The van der Waals surface area contributed by atoms with Gasteiger partial charge in [-0.05, 0) is 31.4 Å². The number of thioether (sulfide) groups is 1. The molecule has 0 saturated carbocycles. The Kier molecular flexibility index (Phi) is 5.92. The summed E-state index contributed by atoms with van der Waals surface area (Å²) in [6.07, 6.45) is 5.17. The van der Waals surface area contributed by atoms with Crippen molar-refractivity contribution < 1.29 is 19.1 Å². The Balaban J connectivity index is 2.12. The van der Waals surface area contributed by atoms with Crippen LogP contribution in [0.5, 0.6) is 0 Å². The molecule has 0 heterocycles. The molecule has 0 radical (unpaired) electrons. The van der Waals surface area contributed by atoms with Crippen molar-refractivity contribution in [2.45, 2.75) is 54.7 Å². The zero-order chi connectivity index (χ0) is 16.2. The summed E-state index contributed by atoms with van der Waals surface area (Å²) in [5.41, 5.74) is 0. The monoisotopic (exact) mass is 342 g/mol. The lowest BCUT2D eigenvalue weighted by molar-refractivity contribution is -0.0513. The summed E-state index contributed by atoms with van der Waals surface area (Å²) < 4.78 is 17.9. The molecule has 0 aliphatic heterocycles. The minimum Gasteiger partial charge on any atom is -0.357 e. The van der Waals surface area contributed by atoms with E-state index in [1.807, 2.05) is 36.4 Å². The molecule has 0 spiro atoms. The van der Waals surface area contributed by atoms with Gasteiger partial charge in [-0.15, -0.1) is 11.8 Å². The van der Waals surface area contributed by atoms with Crippen LogP contribution in [0.2, 0.25) is 0 Å². The van der Waals surface area contributed by atoms with E-state index in [0.29, 0.717) is 19.3 Å². The maximum atomic E-state index is 11.9. The third kappa shape index (κ3) is 3.84. The second-order valence-electron chi connectivity index (χ2n) is 5.41. The van der Waals surface area contributed by atoms with Crippen molar-refractivity contribution in [3.63, 3.8) is 0 Å². The third-order valence-electron chi connectivity index (χ3n) is 4.08. The molecule has 6 heteroatoms. The maximum absolute atomic E-state index is 11.9. The SMILES string of the molecule is CCC(CC)(OC1CC=CC1Sc1ccccc1)P(=O)(O)O. The van der Waals surface area contributed by atoms with Crippen molar-refractivity contribution in [1.82, 2.24) is 0 Å². The average molecular weight is 342 g/mol. The molecular weight excluding hydrogens is 319 g/mol. The van der Waals surface area contributed by atoms with Crippen LogP contribution in [-0.2, 0) is 9.30 Å². The van der Waals surface area contributed by atoms with Gasteiger partial charge in [-0.25, -0.2) is 0 Å². The van der Waals surface area contributed by atoms with Crippen molar-refractivity contribution in [3.05, 3.63) is 42.5 Å². The fourth-order valence-corrected chi connectivity index (χ4v) is 4.90. The zero-order valence-corrected chi connectivity index (χ0v) is 14.6. The normalized spacial score (nSPS) is 22.2. The molecule has 4 nitrogen and oxygen atoms in total. The van der Waals surface area contributed by atoms with E-state index in [1.54, 1.807) is 25.6 Å². The van der Waals surface area contributed by atoms with Crippen LogP contribution in [0.25, 0.3) is 0 Å². The van der Waals surface area contributed by atoms with Crippen molar-refractivity contribution in [2.75, 3.05) is 0 Å². The third-order valence-corrected chi connectivity index (χ3v) is 7.16. The Morgan fingerprint density at radius 3 is 2.45 bits per heavy atom. The highest BCUT2D eigenvalue weighted by Crippen LogP contribution is 2.56. The number of hydrogen-bond acceptors (Lipinski definition) is 3. The maximum Gasteiger partial charge on any atom is 0.357 e. The smallest absolute Gasteiger partial charge is 0.357 e. The summed E-state index contributed by atoms with van der Waals surface area (Å²) in [6.45, 7) is 3.54. The molecule has 122 valence electrons. The van der Waals surface area contributed by atoms with Gasteiger partial charge < -0.3 is 14.5 Å². The van der Waals surface area contributed by atoms with E-state index in [2.05, 4.69) is 6.08 Å². The number of ether oxygens (including phenoxy) is 1. The molecule has 1 aliphatic rings. The summed E-state index contributed by atoms with van der Waals surface area (Å²) >= 11 is 1.67. The fraction of sp³-hybridized carbons (Fsp3) is 0.500. The van der Waals surface area contributed by atoms with Gasteiger partial charge in [-0.1, -0.05) is 44.2 Å². The van der Waals surface area contributed by atoms with Crippen molar-refractivity contribution in [1.29, 1.82) is 0 Å². The quantitative estimate of drug-likeness (QED) is 0.574. The van der Waals surface area contributed by atoms with Crippen LogP contribution in [-0.4, -0.2) is 26.5 Å². The Morgan fingerprint density at radius 2 is 1.91 bits per heavy atom. The molecule has 22 heavy (non-hydrogen) atoms. The van der Waals surface area contributed by atoms with E-state index in [9.17, 15) is 14.4 Å². The summed E-state index contributed by atoms with van der Waals surface area (Å²) in [5.74, 6) is 0. The van der Waals surface area contributed by atoms with Gasteiger partial charge in [-0.2, -0.15) is 0 Å². The fourth-order valence-electron chi connectivity index (χ4n) is 2.67. The average Bonchev–Trinajstić information content (AvgIpc) is 2.91. The first kappa shape index (κ1) is 17.8. The van der Waals surface area contributed by atoms with Gasteiger partial charge in [-0.3, -0.25) is 4.57 Å². The molecule has 2 unspecified atom stereocenters. The van der Waals surface area contributed by atoms with E-state index >= 15 is 0 Å². The highest BCUT2D eigenvalue weighted by molar-refractivity contribution is 8.00. The second kappa shape index (κ2) is 7.33. The first-order chi connectivity index (χ1) is 10.4. The Labute approximate surface area is 136 Å². The largest absolute Gasteiger partial charge is 0.357 e. The second-order valence-corrected chi connectivity index (χ2v) is 8.57. The molecule has 0 saturated heterocycles. The summed E-state index contributed by atoms with van der Waals surface area (Å²) in [6, 6.07) is 9.99. The van der Waals surface area contributed by atoms with Crippen LogP contribution in [0.1, 0.15) is 33.1 Å². The minimum absolute atomic E-state index is 0.0754. The molecule has 0 amide bonds. The van der Waals surface area contributed by atoms with Gasteiger partial charge in [0.25, 0.3) is 0 Å². The predicted molar refractivity (Wildman–Crippen MR) is 90.1 cm³/mol. The number of hydrogen-bond donors (Lipinski definition) is 2. The van der Waals surface area contributed by atoms with Crippen LogP contribution in [0.15, 0.2) is 47.4 Å². The molecular formula is C16H23O4PS. The van der Waals surface area contributed by atoms with E-state index in [-0.39, 0.29) is 11.4 Å². The predicted octanol–water partition coefficient (Wildman–Crippen LogP) is 4.19. The van der Waals surface area contributed by atoms with Crippen molar-refractivity contribution >= 4 is 19.4 Å².